The van der Waals surface area contributed by atoms with E-state index in [0.717, 1.165) is 12.8 Å². The Labute approximate surface area is 84.0 Å². The summed E-state index contributed by atoms with van der Waals surface area (Å²) in [7, 11) is 0. The Morgan fingerprint density at radius 2 is 1.60 bits per heavy atom. The van der Waals surface area contributed by atoms with Crippen LogP contribution in [0, 0.1) is 5.92 Å². The predicted octanol–water partition coefficient (Wildman–Crippen LogP) is -1.50. The van der Waals surface area contributed by atoms with Crippen LogP contribution in [0.3, 0.4) is 0 Å². The second-order valence-electron chi connectivity index (χ2n) is 2.45. The second kappa shape index (κ2) is 7.73. The van der Waals surface area contributed by atoms with Crippen LogP contribution in [-0.4, -0.2) is 11.8 Å². The minimum Gasteiger partial charge on any atom is -0.870 e. The predicted molar refractivity (Wildman–Crippen MR) is 34.2 cm³/mol. The molecule has 0 spiro atoms. The van der Waals surface area contributed by atoms with Gasteiger partial charge in [-0.05, 0) is 0 Å². The summed E-state index contributed by atoms with van der Waals surface area (Å²) in [6.07, 6.45) is 8.02. The average molecular weight is 151 g/mol. The van der Waals surface area contributed by atoms with E-state index in [4.69, 9.17) is 0 Å². The van der Waals surface area contributed by atoms with Crippen molar-refractivity contribution in [1.29, 1.82) is 0 Å². The Hall–Kier alpha value is 0.630. The van der Waals surface area contributed by atoms with Gasteiger partial charge in [0.25, 0.3) is 0 Å². The van der Waals surface area contributed by atoms with Crippen LogP contribution < -0.4 is 29.6 Å². The minimum atomic E-state index is 0. The first-order chi connectivity index (χ1) is 3.93. The third-order valence-corrected chi connectivity index (χ3v) is 1.77. The van der Waals surface area contributed by atoms with Gasteiger partial charge in [-0.1, -0.05) is 32.1 Å². The first-order valence-corrected chi connectivity index (χ1v) is 3.31. The van der Waals surface area contributed by atoms with Crippen LogP contribution in [0.25, 0.3) is 0 Å². The molecule has 0 amide bonds. The number of hydrogen-bond acceptors (Lipinski definition) is 2. The zero-order valence-corrected chi connectivity index (χ0v) is 8.47. The Kier molecular flexibility index (Phi) is 10.2. The Bertz CT molecular complexity index is 79.7. The number of rotatable bonds is 1. The van der Waals surface area contributed by atoms with Crippen LogP contribution in [0.15, 0.2) is 0 Å². The zero-order valence-electron chi connectivity index (χ0n) is 6.47. The molecule has 1 aliphatic carbocycles. The van der Waals surface area contributed by atoms with Gasteiger partial charge < -0.3 is 10.3 Å². The van der Waals surface area contributed by atoms with Crippen LogP contribution in [0.4, 0.5) is 0 Å². The summed E-state index contributed by atoms with van der Waals surface area (Å²) in [5, 5.41) is 0. The van der Waals surface area contributed by atoms with Crippen molar-refractivity contribution in [3.05, 3.63) is 0 Å². The van der Waals surface area contributed by atoms with E-state index >= 15 is 0 Å². The smallest absolute Gasteiger partial charge is 0.870 e. The minimum absolute atomic E-state index is 0. The number of carbonyl (C=O) groups excluding carboxylic acids is 1. The van der Waals surface area contributed by atoms with Gasteiger partial charge in [0.05, 0.1) is 0 Å². The summed E-state index contributed by atoms with van der Waals surface area (Å²) in [4.78, 5) is 10.0. The molecule has 0 heterocycles. The van der Waals surface area contributed by atoms with Gasteiger partial charge in [0.1, 0.15) is 0 Å². The van der Waals surface area contributed by atoms with Gasteiger partial charge in [-0.25, -0.2) is 0 Å². The monoisotopic (exact) mass is 151 g/mol. The molecule has 0 aromatic carbocycles. The molecule has 0 atom stereocenters. The van der Waals surface area contributed by atoms with Crippen molar-refractivity contribution in [3.8, 4) is 0 Å². The first kappa shape index (κ1) is 13.2. The van der Waals surface area contributed by atoms with E-state index in [1.165, 1.54) is 19.3 Å². The molecule has 0 radical (unpaired) electrons. The van der Waals surface area contributed by atoms with Gasteiger partial charge in [0.2, 0.25) is 0 Å². The summed E-state index contributed by atoms with van der Waals surface area (Å²) in [5.74, 6) is 0.281. The van der Waals surface area contributed by atoms with Crippen LogP contribution in [0.2, 0.25) is 0 Å². The molecule has 10 heavy (non-hydrogen) atoms. The normalized spacial score (nSPS) is 18.4. The second-order valence-corrected chi connectivity index (χ2v) is 2.45. The summed E-state index contributed by atoms with van der Waals surface area (Å²) in [6.45, 7) is 0. The third kappa shape index (κ3) is 4.45. The van der Waals surface area contributed by atoms with Crippen LogP contribution in [0.1, 0.15) is 32.1 Å². The van der Waals surface area contributed by atoms with Gasteiger partial charge in [-0.3, -0.25) is 6.29 Å². The van der Waals surface area contributed by atoms with Crippen molar-refractivity contribution in [2.75, 3.05) is 0 Å². The molecule has 1 N–H and O–H groups in total. The maximum absolute atomic E-state index is 10.0. The van der Waals surface area contributed by atoms with Gasteiger partial charge >= 0.3 is 29.6 Å². The molecule has 2 nitrogen and oxygen atoms in total. The Balaban J connectivity index is 0. The van der Waals surface area contributed by atoms with Crippen molar-refractivity contribution in [2.45, 2.75) is 32.1 Å². The maximum atomic E-state index is 10.0. The summed E-state index contributed by atoms with van der Waals surface area (Å²) in [5.41, 5.74) is 0. The Morgan fingerprint density at radius 3 is 1.90 bits per heavy atom. The molecule has 3 heteroatoms. The van der Waals surface area contributed by atoms with Crippen molar-refractivity contribution >= 4 is 6.29 Å². The van der Waals surface area contributed by atoms with Crippen molar-refractivity contribution in [3.63, 3.8) is 0 Å². The van der Waals surface area contributed by atoms with Crippen LogP contribution >= 0.6 is 0 Å². The molecule has 54 valence electrons. The summed E-state index contributed by atoms with van der Waals surface area (Å²) in [6, 6.07) is 0. The summed E-state index contributed by atoms with van der Waals surface area (Å²) >= 11 is 0. The van der Waals surface area contributed by atoms with E-state index in [-0.39, 0.29) is 41.0 Å². The molecule has 0 unspecified atom stereocenters. The van der Waals surface area contributed by atoms with E-state index in [1.807, 2.05) is 0 Å². The molecule has 0 aromatic rings. The standard InChI is InChI=1S/C7H11O.Na.H2O/c8-6-7-4-2-1-3-5-7;;/h7H,1-5H2;;1H2/q-1;+1;/p-1. The third-order valence-electron chi connectivity index (χ3n) is 1.77. The number of hydrogen-bond donors (Lipinski definition) is 0. The van der Waals surface area contributed by atoms with E-state index in [9.17, 15) is 4.79 Å². The molecule has 0 aromatic heterocycles. The molecule has 1 fully saturated rings. The SMILES string of the molecule is O=[C-]C1CCCCC1.[Na+].[OH-]. The average Bonchev–Trinajstić information content (AvgIpc) is 1.90. The van der Waals surface area contributed by atoms with E-state index in [1.54, 1.807) is 0 Å². The maximum Gasteiger partial charge on any atom is 1.00 e. The Morgan fingerprint density at radius 1 is 1.10 bits per heavy atom. The van der Waals surface area contributed by atoms with Gasteiger partial charge in [0, 0.05) is 0 Å². The van der Waals surface area contributed by atoms with Crippen LogP contribution in [0.5, 0.6) is 0 Å². The zero-order chi connectivity index (χ0) is 5.82. The molecule has 0 aliphatic heterocycles. The topological polar surface area (TPSA) is 47.1 Å². The van der Waals surface area contributed by atoms with Crippen molar-refractivity contribution < 1.29 is 39.8 Å². The fourth-order valence-corrected chi connectivity index (χ4v) is 1.22. The van der Waals surface area contributed by atoms with Gasteiger partial charge in [0.15, 0.2) is 0 Å². The molecule has 0 saturated heterocycles. The van der Waals surface area contributed by atoms with Crippen molar-refractivity contribution in [1.82, 2.24) is 0 Å². The van der Waals surface area contributed by atoms with Crippen molar-refractivity contribution in [2.24, 2.45) is 5.92 Å². The van der Waals surface area contributed by atoms with E-state index in [0.29, 0.717) is 0 Å². The van der Waals surface area contributed by atoms with Crippen LogP contribution in [-0.2, 0) is 4.79 Å². The fourth-order valence-electron chi connectivity index (χ4n) is 1.22. The molecular weight excluding hydrogens is 139 g/mol. The molecule has 1 saturated carbocycles. The first-order valence-electron chi connectivity index (χ1n) is 3.31. The molecule has 1 rings (SSSR count). The fraction of sp³-hybridized carbons (Fsp3) is 0.857. The molecule has 0 bridgehead atoms. The molecular formula is C7H12NaO2-. The van der Waals surface area contributed by atoms with Gasteiger partial charge in [-0.15, -0.1) is 5.92 Å². The quantitative estimate of drug-likeness (QED) is 0.338. The van der Waals surface area contributed by atoms with E-state index < -0.39 is 0 Å². The summed E-state index contributed by atoms with van der Waals surface area (Å²) < 4.78 is 0. The molecule has 1 aliphatic rings. The van der Waals surface area contributed by atoms with E-state index in [2.05, 4.69) is 6.29 Å². The van der Waals surface area contributed by atoms with Gasteiger partial charge in [-0.2, -0.15) is 0 Å². The largest absolute Gasteiger partial charge is 1.00 e.